The number of amides is 2. The number of urea groups is 1. The van der Waals surface area contributed by atoms with Gasteiger partial charge in [0.1, 0.15) is 5.82 Å². The number of hydrogen-bond donors (Lipinski definition) is 3. The Morgan fingerprint density at radius 2 is 1.91 bits per heavy atom. The van der Waals surface area contributed by atoms with Gasteiger partial charge in [-0.05, 0) is 12.1 Å². The van der Waals surface area contributed by atoms with E-state index in [4.69, 9.17) is 10.5 Å². The molecule has 0 saturated carbocycles. The van der Waals surface area contributed by atoms with Crippen molar-refractivity contribution in [1.29, 1.82) is 0 Å². The Balaban J connectivity index is 0.000000218. The van der Waals surface area contributed by atoms with Crippen LogP contribution in [0.2, 0.25) is 0 Å². The minimum Gasteiger partial charge on any atom is -0.384 e. The van der Waals surface area contributed by atoms with Crippen LogP contribution in [-0.2, 0) is 0 Å². The number of nitrogen functional groups attached to an aromatic ring is 1. The molecule has 0 aliphatic rings. The van der Waals surface area contributed by atoms with Crippen molar-refractivity contribution in [2.24, 2.45) is 11.5 Å². The lowest BCUT2D eigenvalue weighted by Gasteiger charge is -1.82. The Hall–Kier alpha value is -1.78. The third-order valence-electron chi connectivity index (χ3n) is 0.688. The predicted octanol–water partition coefficient (Wildman–Crippen LogP) is -0.312. The third-order valence-corrected chi connectivity index (χ3v) is 0.688. The number of primary amides is 2. The van der Waals surface area contributed by atoms with Gasteiger partial charge < -0.3 is 17.2 Å². The van der Waals surface area contributed by atoms with E-state index < -0.39 is 6.03 Å². The highest BCUT2D eigenvalue weighted by Crippen LogP contribution is 1.89. The van der Waals surface area contributed by atoms with Crippen molar-refractivity contribution in [3.8, 4) is 0 Å². The maximum Gasteiger partial charge on any atom is 0.309 e. The number of carbonyl (C=O) groups is 1. The van der Waals surface area contributed by atoms with Gasteiger partial charge in [0.05, 0.1) is 0 Å². The zero-order valence-electron chi connectivity index (χ0n) is 5.90. The number of hydrogen-bond acceptors (Lipinski definition) is 3. The van der Waals surface area contributed by atoms with Crippen LogP contribution in [0.4, 0.5) is 10.6 Å². The Labute approximate surface area is 64.2 Å². The molecule has 1 rings (SSSR count). The molecule has 0 radical (unpaired) electrons. The molecule has 0 spiro atoms. The maximum absolute atomic E-state index is 9.00. The molecule has 6 N–H and O–H groups in total. The monoisotopic (exact) mass is 154 g/mol. The van der Waals surface area contributed by atoms with Crippen LogP contribution in [0.1, 0.15) is 0 Å². The van der Waals surface area contributed by atoms with Crippen molar-refractivity contribution in [1.82, 2.24) is 4.98 Å². The molecular weight excluding hydrogens is 144 g/mol. The van der Waals surface area contributed by atoms with E-state index in [0.29, 0.717) is 5.82 Å². The average Bonchev–Trinajstić information content (AvgIpc) is 1.87. The number of pyridine rings is 1. The lowest BCUT2D eigenvalue weighted by Crippen LogP contribution is -2.18. The van der Waals surface area contributed by atoms with E-state index >= 15 is 0 Å². The molecule has 0 unspecified atom stereocenters. The fourth-order valence-corrected chi connectivity index (χ4v) is 0.376. The van der Waals surface area contributed by atoms with Gasteiger partial charge in [-0.25, -0.2) is 9.78 Å². The van der Waals surface area contributed by atoms with Crippen LogP contribution in [0.3, 0.4) is 0 Å². The predicted molar refractivity (Wildman–Crippen MR) is 42.4 cm³/mol. The van der Waals surface area contributed by atoms with E-state index in [1.165, 1.54) is 0 Å². The van der Waals surface area contributed by atoms with Gasteiger partial charge in [0, 0.05) is 6.20 Å². The highest BCUT2D eigenvalue weighted by Gasteiger charge is 1.73. The highest BCUT2D eigenvalue weighted by molar-refractivity contribution is 5.69. The first-order chi connectivity index (χ1) is 5.13. The Morgan fingerprint density at radius 3 is 2.09 bits per heavy atom. The number of rotatable bonds is 0. The van der Waals surface area contributed by atoms with Crippen molar-refractivity contribution in [2.45, 2.75) is 0 Å². The van der Waals surface area contributed by atoms with Crippen LogP contribution in [0.5, 0.6) is 0 Å². The number of anilines is 1. The molecule has 0 fully saturated rings. The van der Waals surface area contributed by atoms with Crippen molar-refractivity contribution < 1.29 is 4.79 Å². The van der Waals surface area contributed by atoms with Gasteiger partial charge in [0.25, 0.3) is 0 Å². The summed E-state index contributed by atoms with van der Waals surface area (Å²) in [5.74, 6) is 0.572. The number of nitrogens with zero attached hydrogens (tertiary/aromatic N) is 1. The van der Waals surface area contributed by atoms with Crippen LogP contribution < -0.4 is 17.2 Å². The largest absolute Gasteiger partial charge is 0.384 e. The zero-order chi connectivity index (χ0) is 8.69. The quantitative estimate of drug-likeness (QED) is 0.476. The summed E-state index contributed by atoms with van der Waals surface area (Å²) in [5.41, 5.74) is 13.7. The first-order valence-electron chi connectivity index (χ1n) is 2.84. The normalized spacial score (nSPS) is 7.64. The molecule has 0 aliphatic heterocycles. The Kier molecular flexibility index (Phi) is 4.22. The van der Waals surface area contributed by atoms with Gasteiger partial charge >= 0.3 is 6.03 Å². The molecule has 1 aromatic rings. The molecule has 0 aromatic carbocycles. The summed E-state index contributed by atoms with van der Waals surface area (Å²) in [5, 5.41) is 0. The van der Waals surface area contributed by atoms with Crippen LogP contribution in [-0.4, -0.2) is 11.0 Å². The number of aromatic nitrogens is 1. The molecule has 5 heteroatoms. The van der Waals surface area contributed by atoms with E-state index in [9.17, 15) is 0 Å². The summed E-state index contributed by atoms with van der Waals surface area (Å²) >= 11 is 0. The van der Waals surface area contributed by atoms with E-state index in [-0.39, 0.29) is 0 Å². The van der Waals surface area contributed by atoms with E-state index in [1.807, 2.05) is 12.1 Å². The third kappa shape index (κ3) is 8.22. The summed E-state index contributed by atoms with van der Waals surface area (Å²) in [6, 6.07) is 4.60. The molecule has 0 bridgehead atoms. The first-order valence-corrected chi connectivity index (χ1v) is 2.84. The van der Waals surface area contributed by atoms with Crippen LogP contribution in [0.15, 0.2) is 24.4 Å². The zero-order valence-corrected chi connectivity index (χ0v) is 5.90. The number of carbonyl (C=O) groups excluding carboxylic acids is 1. The smallest absolute Gasteiger partial charge is 0.309 e. The Bertz CT molecular complexity index is 207. The van der Waals surface area contributed by atoms with Crippen molar-refractivity contribution in [3.05, 3.63) is 24.4 Å². The second-order valence-corrected chi connectivity index (χ2v) is 1.66. The molecule has 11 heavy (non-hydrogen) atoms. The summed E-state index contributed by atoms with van der Waals surface area (Å²) < 4.78 is 0. The van der Waals surface area contributed by atoms with Gasteiger partial charge in [-0.15, -0.1) is 0 Å². The minimum absolute atomic E-state index is 0.572. The fourth-order valence-electron chi connectivity index (χ4n) is 0.376. The lowest BCUT2D eigenvalue weighted by atomic mass is 10.5. The molecule has 5 nitrogen and oxygen atoms in total. The average molecular weight is 154 g/mol. The lowest BCUT2D eigenvalue weighted by molar-refractivity contribution is 0.256. The van der Waals surface area contributed by atoms with Crippen molar-refractivity contribution in [3.63, 3.8) is 0 Å². The van der Waals surface area contributed by atoms with Crippen molar-refractivity contribution in [2.75, 3.05) is 5.73 Å². The highest BCUT2D eigenvalue weighted by atomic mass is 16.2. The molecule has 1 heterocycles. The summed E-state index contributed by atoms with van der Waals surface area (Å²) in [6.45, 7) is 0. The van der Waals surface area contributed by atoms with Gasteiger partial charge in [-0.2, -0.15) is 0 Å². The Morgan fingerprint density at radius 1 is 1.36 bits per heavy atom. The van der Waals surface area contributed by atoms with E-state index in [0.717, 1.165) is 0 Å². The topological polar surface area (TPSA) is 108 Å². The summed E-state index contributed by atoms with van der Waals surface area (Å²) in [7, 11) is 0. The molecule has 0 saturated heterocycles. The second kappa shape index (κ2) is 5.04. The van der Waals surface area contributed by atoms with Gasteiger partial charge in [-0.1, -0.05) is 6.07 Å². The summed E-state index contributed by atoms with van der Waals surface area (Å²) in [4.78, 5) is 12.8. The van der Waals surface area contributed by atoms with Crippen LogP contribution in [0, 0.1) is 0 Å². The summed E-state index contributed by atoms with van der Waals surface area (Å²) in [6.07, 6.45) is 1.66. The van der Waals surface area contributed by atoms with Crippen LogP contribution >= 0.6 is 0 Å². The molecule has 60 valence electrons. The second-order valence-electron chi connectivity index (χ2n) is 1.66. The van der Waals surface area contributed by atoms with Gasteiger partial charge in [0.15, 0.2) is 0 Å². The standard InChI is InChI=1S/C5H6N2.CH4N2O/c6-5-3-1-2-4-7-5;2-1(3)4/h1-4H,(H2,6,7);(H4,2,3,4). The van der Waals surface area contributed by atoms with E-state index in [1.54, 1.807) is 12.3 Å². The molecule has 2 amide bonds. The molecule has 1 aromatic heterocycles. The molecule has 0 atom stereocenters. The van der Waals surface area contributed by atoms with Gasteiger partial charge in [-0.3, -0.25) is 0 Å². The SMILES string of the molecule is NC(N)=O.Nc1ccccn1. The minimum atomic E-state index is -0.833. The molecule has 0 aliphatic carbocycles. The van der Waals surface area contributed by atoms with Gasteiger partial charge in [0.2, 0.25) is 0 Å². The fraction of sp³-hybridized carbons (Fsp3) is 0. The van der Waals surface area contributed by atoms with Crippen molar-refractivity contribution >= 4 is 11.8 Å². The maximum atomic E-state index is 9.00. The number of nitrogens with two attached hydrogens (primary N) is 3. The molecular formula is C6H10N4O. The van der Waals surface area contributed by atoms with E-state index in [2.05, 4.69) is 16.5 Å². The first kappa shape index (κ1) is 9.22. The van der Waals surface area contributed by atoms with Crippen LogP contribution in [0.25, 0.3) is 0 Å².